The van der Waals surface area contributed by atoms with Crippen molar-refractivity contribution < 1.29 is 4.79 Å². The third kappa shape index (κ3) is 3.92. The molecular formula is C22H24N4O. The molecule has 1 amide bonds. The van der Waals surface area contributed by atoms with E-state index in [4.69, 9.17) is 0 Å². The SMILES string of the molecule is CN(c1ccc(C(=O)Nc2cnc3ccccc3c2)cn1)C1CCCCC1. The Morgan fingerprint density at radius 1 is 1.04 bits per heavy atom. The Balaban J connectivity index is 1.45. The van der Waals surface area contributed by atoms with Gasteiger partial charge in [-0.15, -0.1) is 0 Å². The van der Waals surface area contributed by atoms with Crippen molar-refractivity contribution in [2.75, 3.05) is 17.3 Å². The van der Waals surface area contributed by atoms with Gasteiger partial charge in [-0.3, -0.25) is 9.78 Å². The number of para-hydroxylation sites is 1. The maximum Gasteiger partial charge on any atom is 0.257 e. The Kier molecular flexibility index (Phi) is 5.01. The van der Waals surface area contributed by atoms with Gasteiger partial charge in [-0.1, -0.05) is 37.5 Å². The van der Waals surface area contributed by atoms with Crippen LogP contribution >= 0.6 is 0 Å². The maximum atomic E-state index is 12.5. The van der Waals surface area contributed by atoms with Crippen molar-refractivity contribution in [2.24, 2.45) is 0 Å². The van der Waals surface area contributed by atoms with Gasteiger partial charge in [-0.25, -0.2) is 4.98 Å². The summed E-state index contributed by atoms with van der Waals surface area (Å²) in [5, 5.41) is 3.91. The van der Waals surface area contributed by atoms with Crippen LogP contribution < -0.4 is 10.2 Å². The minimum Gasteiger partial charge on any atom is -0.357 e. The second-order valence-electron chi connectivity index (χ2n) is 7.18. The molecule has 0 atom stereocenters. The predicted molar refractivity (Wildman–Crippen MR) is 109 cm³/mol. The molecule has 27 heavy (non-hydrogen) atoms. The van der Waals surface area contributed by atoms with E-state index < -0.39 is 0 Å². The van der Waals surface area contributed by atoms with E-state index in [-0.39, 0.29) is 5.91 Å². The molecule has 5 heteroatoms. The van der Waals surface area contributed by atoms with E-state index in [0.717, 1.165) is 16.7 Å². The van der Waals surface area contributed by atoms with Crippen molar-refractivity contribution in [2.45, 2.75) is 38.1 Å². The van der Waals surface area contributed by atoms with E-state index >= 15 is 0 Å². The van der Waals surface area contributed by atoms with Gasteiger partial charge in [0, 0.05) is 24.7 Å². The lowest BCUT2D eigenvalue weighted by molar-refractivity contribution is 0.102. The summed E-state index contributed by atoms with van der Waals surface area (Å²) in [7, 11) is 2.10. The molecule has 1 aromatic carbocycles. The molecule has 0 spiro atoms. The van der Waals surface area contributed by atoms with Gasteiger partial charge in [0.2, 0.25) is 0 Å². The van der Waals surface area contributed by atoms with E-state index in [1.807, 2.05) is 42.5 Å². The van der Waals surface area contributed by atoms with Crippen molar-refractivity contribution in [3.05, 3.63) is 60.4 Å². The first-order chi connectivity index (χ1) is 13.2. The van der Waals surface area contributed by atoms with Gasteiger partial charge >= 0.3 is 0 Å². The fraction of sp³-hybridized carbons (Fsp3) is 0.318. The molecule has 138 valence electrons. The lowest BCUT2D eigenvalue weighted by Crippen LogP contribution is -2.33. The molecule has 0 unspecified atom stereocenters. The van der Waals surface area contributed by atoms with Crippen LogP contribution in [0.1, 0.15) is 42.5 Å². The molecule has 0 aliphatic heterocycles. The number of hydrogen-bond acceptors (Lipinski definition) is 4. The van der Waals surface area contributed by atoms with Crippen LogP contribution in [0.4, 0.5) is 11.5 Å². The highest BCUT2D eigenvalue weighted by molar-refractivity contribution is 6.04. The van der Waals surface area contributed by atoms with Gasteiger partial charge in [-0.05, 0) is 37.1 Å². The minimum atomic E-state index is -0.175. The van der Waals surface area contributed by atoms with Gasteiger partial charge in [-0.2, -0.15) is 0 Å². The quantitative estimate of drug-likeness (QED) is 0.736. The van der Waals surface area contributed by atoms with Crippen molar-refractivity contribution in [3.63, 3.8) is 0 Å². The molecule has 1 saturated carbocycles. The number of carbonyl (C=O) groups excluding carboxylic acids is 1. The number of nitrogens with one attached hydrogen (secondary N) is 1. The predicted octanol–water partition coefficient (Wildman–Crippen LogP) is 4.65. The van der Waals surface area contributed by atoms with Crippen molar-refractivity contribution >= 4 is 28.3 Å². The van der Waals surface area contributed by atoms with Gasteiger partial charge in [0.15, 0.2) is 0 Å². The zero-order valence-electron chi connectivity index (χ0n) is 15.6. The summed E-state index contributed by atoms with van der Waals surface area (Å²) >= 11 is 0. The van der Waals surface area contributed by atoms with Crippen LogP contribution in [0.25, 0.3) is 10.9 Å². The highest BCUT2D eigenvalue weighted by Crippen LogP contribution is 2.25. The lowest BCUT2D eigenvalue weighted by Gasteiger charge is -2.32. The maximum absolute atomic E-state index is 12.5. The molecule has 4 rings (SSSR count). The minimum absolute atomic E-state index is 0.175. The van der Waals surface area contributed by atoms with Crippen molar-refractivity contribution in [1.29, 1.82) is 0 Å². The molecule has 1 N–H and O–H groups in total. The molecule has 1 aliphatic rings. The van der Waals surface area contributed by atoms with Crippen LogP contribution in [0.3, 0.4) is 0 Å². The van der Waals surface area contributed by atoms with Crippen molar-refractivity contribution in [1.82, 2.24) is 9.97 Å². The van der Waals surface area contributed by atoms with Gasteiger partial charge in [0.1, 0.15) is 5.82 Å². The second-order valence-corrected chi connectivity index (χ2v) is 7.18. The molecule has 2 aromatic heterocycles. The third-order valence-corrected chi connectivity index (χ3v) is 5.34. The number of hydrogen-bond donors (Lipinski definition) is 1. The number of aromatic nitrogens is 2. The number of fused-ring (bicyclic) bond motifs is 1. The molecule has 5 nitrogen and oxygen atoms in total. The fourth-order valence-corrected chi connectivity index (χ4v) is 3.73. The van der Waals surface area contributed by atoms with Crippen LogP contribution in [-0.4, -0.2) is 29.0 Å². The van der Waals surface area contributed by atoms with E-state index in [9.17, 15) is 4.79 Å². The Morgan fingerprint density at radius 3 is 2.63 bits per heavy atom. The van der Waals surface area contributed by atoms with E-state index in [1.54, 1.807) is 12.4 Å². The van der Waals surface area contributed by atoms with E-state index in [2.05, 4.69) is 27.2 Å². The summed E-state index contributed by atoms with van der Waals surface area (Å²) in [6.07, 6.45) is 9.67. The van der Waals surface area contributed by atoms with Crippen LogP contribution in [0, 0.1) is 0 Å². The summed E-state index contributed by atoms with van der Waals surface area (Å²) in [5.41, 5.74) is 2.14. The number of pyridine rings is 2. The van der Waals surface area contributed by atoms with E-state index in [0.29, 0.717) is 17.3 Å². The first kappa shape index (κ1) is 17.5. The molecule has 2 heterocycles. The monoisotopic (exact) mass is 360 g/mol. The molecule has 0 bridgehead atoms. The fourth-order valence-electron chi connectivity index (χ4n) is 3.73. The van der Waals surface area contributed by atoms with Crippen LogP contribution in [0.2, 0.25) is 0 Å². The summed E-state index contributed by atoms with van der Waals surface area (Å²) in [5.74, 6) is 0.747. The first-order valence-corrected chi connectivity index (χ1v) is 9.56. The largest absolute Gasteiger partial charge is 0.357 e. The van der Waals surface area contributed by atoms with Gasteiger partial charge < -0.3 is 10.2 Å². The van der Waals surface area contributed by atoms with Crippen LogP contribution in [0.5, 0.6) is 0 Å². The van der Waals surface area contributed by atoms with Gasteiger partial charge in [0.05, 0.1) is 23.0 Å². The Bertz CT molecular complexity index is 932. The van der Waals surface area contributed by atoms with E-state index in [1.165, 1.54) is 32.1 Å². The number of nitrogens with zero attached hydrogens (tertiary/aromatic N) is 3. The smallest absolute Gasteiger partial charge is 0.257 e. The summed E-state index contributed by atoms with van der Waals surface area (Å²) in [6, 6.07) is 14.1. The Labute approximate surface area is 159 Å². The average Bonchev–Trinajstić information content (AvgIpc) is 2.74. The second kappa shape index (κ2) is 7.74. The number of carbonyl (C=O) groups is 1. The number of amides is 1. The average molecular weight is 360 g/mol. The molecule has 1 fully saturated rings. The Morgan fingerprint density at radius 2 is 1.85 bits per heavy atom. The standard InChI is InChI=1S/C22H24N4O/c1-26(19-8-3-2-4-9-19)21-12-11-17(14-24-21)22(27)25-18-13-16-7-5-6-10-20(16)23-15-18/h5-7,10-15,19H,2-4,8-9H2,1H3,(H,25,27). The topological polar surface area (TPSA) is 58.1 Å². The zero-order chi connectivity index (χ0) is 18.6. The highest BCUT2D eigenvalue weighted by Gasteiger charge is 2.19. The third-order valence-electron chi connectivity index (χ3n) is 5.34. The number of anilines is 2. The molecule has 0 saturated heterocycles. The molecule has 0 radical (unpaired) electrons. The summed E-state index contributed by atoms with van der Waals surface area (Å²) in [4.78, 5) is 23.7. The number of benzene rings is 1. The van der Waals surface area contributed by atoms with Gasteiger partial charge in [0.25, 0.3) is 5.91 Å². The molecule has 1 aliphatic carbocycles. The lowest BCUT2D eigenvalue weighted by atomic mass is 9.94. The molecular weight excluding hydrogens is 336 g/mol. The normalized spacial score (nSPS) is 14.9. The zero-order valence-corrected chi connectivity index (χ0v) is 15.6. The van der Waals surface area contributed by atoms with Crippen LogP contribution in [-0.2, 0) is 0 Å². The Hall–Kier alpha value is -2.95. The van der Waals surface area contributed by atoms with Crippen molar-refractivity contribution in [3.8, 4) is 0 Å². The highest BCUT2D eigenvalue weighted by atomic mass is 16.1. The molecule has 3 aromatic rings. The first-order valence-electron chi connectivity index (χ1n) is 9.56. The summed E-state index contributed by atoms with van der Waals surface area (Å²) < 4.78 is 0. The van der Waals surface area contributed by atoms with Crippen LogP contribution in [0.15, 0.2) is 54.9 Å². The number of rotatable bonds is 4. The summed E-state index contributed by atoms with van der Waals surface area (Å²) in [6.45, 7) is 0.